The van der Waals surface area contributed by atoms with Crippen LogP contribution in [0.2, 0.25) is 18.1 Å². The van der Waals surface area contributed by atoms with E-state index in [-0.39, 0.29) is 5.04 Å². The van der Waals surface area contributed by atoms with Crippen LogP contribution in [0.1, 0.15) is 20.8 Å². The first-order valence-corrected chi connectivity index (χ1v) is 10.8. The first-order chi connectivity index (χ1) is 9.60. The minimum atomic E-state index is -1.82. The van der Waals surface area contributed by atoms with Gasteiger partial charge in [0.2, 0.25) is 8.32 Å². The maximum Gasteiger partial charge on any atom is 0.250 e. The van der Waals surface area contributed by atoms with Crippen molar-refractivity contribution in [3.8, 4) is 17.0 Å². The van der Waals surface area contributed by atoms with E-state index in [2.05, 4.69) is 67.0 Å². The van der Waals surface area contributed by atoms with Crippen LogP contribution in [-0.2, 0) is 7.05 Å². The van der Waals surface area contributed by atoms with Gasteiger partial charge in [-0.05, 0) is 46.2 Å². The number of benzene rings is 1. The SMILES string of the molecule is Cn1cc(Br)c(-c2cccc(O[Si](C)(C)C(C)(C)C)c2)n1. The Bertz CT molecular complexity index is 644. The summed E-state index contributed by atoms with van der Waals surface area (Å²) in [4.78, 5) is 0. The number of aromatic nitrogens is 2. The Balaban J connectivity index is 2.33. The van der Waals surface area contributed by atoms with E-state index in [9.17, 15) is 0 Å². The average Bonchev–Trinajstić information content (AvgIpc) is 2.67. The standard InChI is InChI=1S/C16H23BrN2OSi/c1-16(2,3)21(5,6)20-13-9-7-8-12(10-13)15-14(17)11-19(4)18-15/h7-11H,1-6H3. The van der Waals surface area contributed by atoms with Crippen LogP contribution in [0.15, 0.2) is 34.9 Å². The van der Waals surface area contributed by atoms with Crippen molar-refractivity contribution in [3.63, 3.8) is 0 Å². The summed E-state index contributed by atoms with van der Waals surface area (Å²) in [7, 11) is 0.106. The van der Waals surface area contributed by atoms with E-state index in [0.29, 0.717) is 0 Å². The van der Waals surface area contributed by atoms with Crippen LogP contribution in [-0.4, -0.2) is 18.1 Å². The van der Waals surface area contributed by atoms with Gasteiger partial charge in [0, 0.05) is 18.8 Å². The van der Waals surface area contributed by atoms with Gasteiger partial charge in [-0.15, -0.1) is 0 Å². The Hall–Kier alpha value is -1.07. The Morgan fingerprint density at radius 3 is 2.43 bits per heavy atom. The van der Waals surface area contributed by atoms with E-state index in [4.69, 9.17) is 4.43 Å². The van der Waals surface area contributed by atoms with Crippen molar-refractivity contribution in [3.05, 3.63) is 34.9 Å². The van der Waals surface area contributed by atoms with Crippen LogP contribution in [0.3, 0.4) is 0 Å². The average molecular weight is 367 g/mol. The van der Waals surface area contributed by atoms with Gasteiger partial charge >= 0.3 is 0 Å². The minimum Gasteiger partial charge on any atom is -0.543 e. The lowest BCUT2D eigenvalue weighted by atomic mass is 10.1. The van der Waals surface area contributed by atoms with Crippen LogP contribution in [0.25, 0.3) is 11.3 Å². The highest BCUT2D eigenvalue weighted by molar-refractivity contribution is 9.10. The number of aryl methyl sites for hydroxylation is 1. The van der Waals surface area contributed by atoms with E-state index in [1.54, 1.807) is 4.68 Å². The predicted molar refractivity (Wildman–Crippen MR) is 94.2 cm³/mol. The van der Waals surface area contributed by atoms with Crippen LogP contribution in [0, 0.1) is 0 Å². The van der Waals surface area contributed by atoms with Gasteiger partial charge in [-0.3, -0.25) is 4.68 Å². The topological polar surface area (TPSA) is 27.1 Å². The maximum absolute atomic E-state index is 6.36. The van der Waals surface area contributed by atoms with Gasteiger partial charge in [0.1, 0.15) is 11.4 Å². The highest BCUT2D eigenvalue weighted by Gasteiger charge is 2.38. The first-order valence-electron chi connectivity index (χ1n) is 7.09. The highest BCUT2D eigenvalue weighted by Crippen LogP contribution is 2.38. The molecular formula is C16H23BrN2OSi. The molecule has 21 heavy (non-hydrogen) atoms. The molecule has 0 fully saturated rings. The summed E-state index contributed by atoms with van der Waals surface area (Å²) in [6.07, 6.45) is 1.96. The first kappa shape index (κ1) is 16.3. The summed E-state index contributed by atoms with van der Waals surface area (Å²) in [5.41, 5.74) is 2.01. The summed E-state index contributed by atoms with van der Waals surface area (Å²) in [6, 6.07) is 8.19. The predicted octanol–water partition coefficient (Wildman–Crippen LogP) is 5.23. The van der Waals surface area contributed by atoms with Crippen LogP contribution < -0.4 is 4.43 Å². The molecule has 0 amide bonds. The molecule has 0 unspecified atom stereocenters. The molecule has 1 aromatic carbocycles. The Morgan fingerprint density at radius 1 is 1.24 bits per heavy atom. The quantitative estimate of drug-likeness (QED) is 0.694. The molecule has 114 valence electrons. The van der Waals surface area contributed by atoms with Crippen molar-refractivity contribution in [2.45, 2.75) is 38.9 Å². The van der Waals surface area contributed by atoms with Gasteiger partial charge in [0.25, 0.3) is 0 Å². The summed E-state index contributed by atoms with van der Waals surface area (Å²) in [5.74, 6) is 0.927. The van der Waals surface area contributed by atoms with Gasteiger partial charge in [-0.1, -0.05) is 32.9 Å². The van der Waals surface area contributed by atoms with E-state index < -0.39 is 8.32 Å². The summed E-state index contributed by atoms with van der Waals surface area (Å²) >= 11 is 3.56. The molecule has 1 aromatic heterocycles. The van der Waals surface area contributed by atoms with E-state index >= 15 is 0 Å². The molecule has 0 saturated carbocycles. The lowest BCUT2D eigenvalue weighted by molar-refractivity contribution is 0.492. The molecule has 0 bridgehead atoms. The molecule has 0 atom stereocenters. The number of hydrogen-bond donors (Lipinski definition) is 0. The Morgan fingerprint density at radius 2 is 1.90 bits per heavy atom. The third-order valence-corrected chi connectivity index (χ3v) is 9.01. The Labute approximate surface area is 136 Å². The second-order valence-corrected chi connectivity index (χ2v) is 12.5. The zero-order valence-corrected chi connectivity index (χ0v) is 16.2. The number of hydrogen-bond acceptors (Lipinski definition) is 2. The molecule has 0 radical (unpaired) electrons. The lowest BCUT2D eigenvalue weighted by Gasteiger charge is -2.36. The van der Waals surface area contributed by atoms with Crippen molar-refractivity contribution in [2.75, 3.05) is 0 Å². The van der Waals surface area contributed by atoms with Crippen LogP contribution in [0.4, 0.5) is 0 Å². The van der Waals surface area contributed by atoms with Gasteiger partial charge in [0.15, 0.2) is 0 Å². The van der Waals surface area contributed by atoms with Crippen LogP contribution in [0.5, 0.6) is 5.75 Å². The second kappa shape index (κ2) is 5.61. The molecule has 2 rings (SSSR count). The fourth-order valence-electron chi connectivity index (χ4n) is 1.81. The molecule has 3 nitrogen and oxygen atoms in total. The highest BCUT2D eigenvalue weighted by atomic mass is 79.9. The Kier molecular flexibility index (Phi) is 4.35. The third kappa shape index (κ3) is 3.58. The van der Waals surface area contributed by atoms with E-state index in [0.717, 1.165) is 21.5 Å². The molecule has 0 aliphatic rings. The van der Waals surface area contributed by atoms with Crippen molar-refractivity contribution >= 4 is 24.2 Å². The lowest BCUT2D eigenvalue weighted by Crippen LogP contribution is -2.43. The van der Waals surface area contributed by atoms with Crippen molar-refractivity contribution in [2.24, 2.45) is 7.05 Å². The molecule has 0 saturated heterocycles. The van der Waals surface area contributed by atoms with E-state index in [1.807, 2.05) is 25.4 Å². The number of nitrogens with zero attached hydrogens (tertiary/aromatic N) is 2. The van der Waals surface area contributed by atoms with Gasteiger partial charge in [-0.2, -0.15) is 5.10 Å². The minimum absolute atomic E-state index is 0.189. The fraction of sp³-hybridized carbons (Fsp3) is 0.438. The van der Waals surface area contributed by atoms with Crippen LogP contribution >= 0.6 is 15.9 Å². The second-order valence-electron chi connectivity index (χ2n) is 6.89. The molecule has 0 aliphatic carbocycles. The number of halogens is 1. The van der Waals surface area contributed by atoms with Gasteiger partial charge < -0.3 is 4.43 Å². The van der Waals surface area contributed by atoms with Crippen molar-refractivity contribution < 1.29 is 4.43 Å². The molecule has 2 aromatic rings. The third-order valence-electron chi connectivity index (χ3n) is 4.07. The summed E-state index contributed by atoms with van der Waals surface area (Å²) < 4.78 is 9.17. The fourth-order valence-corrected chi connectivity index (χ4v) is 3.44. The molecule has 0 spiro atoms. The molecule has 0 aliphatic heterocycles. The maximum atomic E-state index is 6.36. The van der Waals surface area contributed by atoms with Gasteiger partial charge in [0.05, 0.1) is 4.47 Å². The number of rotatable bonds is 3. The summed E-state index contributed by atoms with van der Waals surface area (Å²) in [6.45, 7) is 11.3. The zero-order valence-electron chi connectivity index (χ0n) is 13.6. The molecular weight excluding hydrogens is 344 g/mol. The molecule has 0 N–H and O–H groups in total. The van der Waals surface area contributed by atoms with Crippen molar-refractivity contribution in [1.29, 1.82) is 0 Å². The summed E-state index contributed by atoms with van der Waals surface area (Å²) in [5, 5.41) is 4.68. The molecule has 5 heteroatoms. The van der Waals surface area contributed by atoms with Crippen molar-refractivity contribution in [1.82, 2.24) is 9.78 Å². The largest absolute Gasteiger partial charge is 0.543 e. The van der Waals surface area contributed by atoms with E-state index in [1.165, 1.54) is 0 Å². The molecule has 1 heterocycles. The monoisotopic (exact) mass is 366 g/mol. The normalized spacial score (nSPS) is 12.5. The van der Waals surface area contributed by atoms with Gasteiger partial charge in [-0.25, -0.2) is 0 Å². The smallest absolute Gasteiger partial charge is 0.250 e. The zero-order chi connectivity index (χ0) is 15.8.